The van der Waals surface area contributed by atoms with Crippen LogP contribution in [0.1, 0.15) is 10.9 Å². The minimum absolute atomic E-state index is 0.0553. The highest BCUT2D eigenvalue weighted by Crippen LogP contribution is 2.26. The Bertz CT molecular complexity index is 436. The van der Waals surface area contributed by atoms with Gasteiger partial charge >= 0.3 is 5.97 Å². The third-order valence-electron chi connectivity index (χ3n) is 1.85. The molecular weight excluding hydrogens is 302 g/mol. The molecule has 1 aromatic rings. The number of hydrogen-bond acceptors (Lipinski definition) is 3. The molecule has 0 spiro atoms. The topological polar surface area (TPSA) is 43.4 Å². The van der Waals surface area contributed by atoms with E-state index in [4.69, 9.17) is 11.6 Å². The van der Waals surface area contributed by atoms with Crippen molar-refractivity contribution in [1.82, 2.24) is 0 Å². The summed E-state index contributed by atoms with van der Waals surface area (Å²) in [6.45, 7) is 0. The zero-order chi connectivity index (χ0) is 12.3. The highest BCUT2D eigenvalue weighted by Gasteiger charge is 2.27. The number of Topliss-reactive ketones (excluding diaryl/α,β-unsaturated/α-hetero) is 1. The molecule has 0 amide bonds. The van der Waals surface area contributed by atoms with Crippen molar-refractivity contribution in [2.45, 2.75) is 5.38 Å². The molecule has 0 aliphatic heterocycles. The standard InChI is InChI=1S/C10H7BrClFO3/c1-16-10(15)9(14)8(12)6-3-2-5(11)4-7(6)13/h2-4,8H,1H3. The van der Waals surface area contributed by atoms with Gasteiger partial charge in [-0.2, -0.15) is 0 Å². The number of alkyl halides is 1. The first kappa shape index (κ1) is 13.1. The van der Waals surface area contributed by atoms with Crippen LogP contribution in [0.25, 0.3) is 0 Å². The molecule has 0 saturated carbocycles. The number of carbonyl (C=O) groups is 2. The third-order valence-corrected chi connectivity index (χ3v) is 2.78. The Morgan fingerprint density at radius 3 is 2.62 bits per heavy atom. The van der Waals surface area contributed by atoms with Gasteiger partial charge in [-0.15, -0.1) is 11.6 Å². The van der Waals surface area contributed by atoms with Crippen molar-refractivity contribution >= 4 is 39.3 Å². The van der Waals surface area contributed by atoms with Gasteiger partial charge in [-0.05, 0) is 12.1 Å². The average molecular weight is 310 g/mol. The van der Waals surface area contributed by atoms with Crippen LogP contribution >= 0.6 is 27.5 Å². The maximum absolute atomic E-state index is 13.4. The molecule has 1 atom stereocenters. The molecule has 0 aromatic heterocycles. The second-order valence-electron chi connectivity index (χ2n) is 2.88. The van der Waals surface area contributed by atoms with Gasteiger partial charge in [-0.3, -0.25) is 4.79 Å². The number of halogens is 3. The van der Waals surface area contributed by atoms with Gasteiger partial charge in [0.15, 0.2) is 0 Å². The molecule has 0 aliphatic carbocycles. The number of carbonyl (C=O) groups excluding carboxylic acids is 2. The molecule has 0 bridgehead atoms. The Labute approximate surface area is 105 Å². The molecular formula is C10H7BrClFO3. The smallest absolute Gasteiger partial charge is 0.376 e. The van der Waals surface area contributed by atoms with Crippen molar-refractivity contribution in [3.8, 4) is 0 Å². The van der Waals surface area contributed by atoms with Crippen LogP contribution in [0.2, 0.25) is 0 Å². The van der Waals surface area contributed by atoms with Crippen LogP contribution < -0.4 is 0 Å². The lowest BCUT2D eigenvalue weighted by Gasteiger charge is -2.08. The van der Waals surface area contributed by atoms with E-state index in [1.165, 1.54) is 12.1 Å². The van der Waals surface area contributed by atoms with Gasteiger partial charge in [0.25, 0.3) is 5.78 Å². The molecule has 16 heavy (non-hydrogen) atoms. The van der Waals surface area contributed by atoms with E-state index in [-0.39, 0.29) is 5.56 Å². The summed E-state index contributed by atoms with van der Waals surface area (Å²) in [4.78, 5) is 22.2. The Morgan fingerprint density at radius 1 is 1.50 bits per heavy atom. The van der Waals surface area contributed by atoms with E-state index < -0.39 is 22.9 Å². The van der Waals surface area contributed by atoms with Gasteiger partial charge in [-0.1, -0.05) is 22.0 Å². The summed E-state index contributed by atoms with van der Waals surface area (Å²) in [5.74, 6) is -2.75. The second-order valence-corrected chi connectivity index (χ2v) is 4.24. The van der Waals surface area contributed by atoms with Gasteiger partial charge < -0.3 is 4.74 Å². The number of esters is 1. The largest absolute Gasteiger partial charge is 0.463 e. The monoisotopic (exact) mass is 308 g/mol. The first-order valence-corrected chi connectivity index (χ1v) is 5.41. The fourth-order valence-electron chi connectivity index (χ4n) is 1.05. The molecule has 1 unspecified atom stereocenters. The SMILES string of the molecule is COC(=O)C(=O)C(Cl)c1ccc(Br)cc1F. The van der Waals surface area contributed by atoms with E-state index in [9.17, 15) is 14.0 Å². The van der Waals surface area contributed by atoms with Crippen molar-refractivity contribution in [1.29, 1.82) is 0 Å². The first-order valence-electron chi connectivity index (χ1n) is 4.18. The highest BCUT2D eigenvalue weighted by molar-refractivity contribution is 9.10. The van der Waals surface area contributed by atoms with E-state index in [0.29, 0.717) is 4.47 Å². The highest BCUT2D eigenvalue weighted by atomic mass is 79.9. The Hall–Kier alpha value is -0.940. The van der Waals surface area contributed by atoms with Crippen LogP contribution in [0, 0.1) is 5.82 Å². The minimum atomic E-state index is -1.37. The zero-order valence-electron chi connectivity index (χ0n) is 8.17. The van der Waals surface area contributed by atoms with E-state index >= 15 is 0 Å². The van der Waals surface area contributed by atoms with Crippen LogP contribution in [0.5, 0.6) is 0 Å². The summed E-state index contributed by atoms with van der Waals surface area (Å²) < 4.78 is 18.1. The number of rotatable bonds is 3. The summed E-state index contributed by atoms with van der Waals surface area (Å²) in [5, 5.41) is -1.37. The molecule has 0 fully saturated rings. The number of methoxy groups -OCH3 is 1. The molecule has 6 heteroatoms. The number of benzene rings is 1. The van der Waals surface area contributed by atoms with Gasteiger partial charge in [-0.25, -0.2) is 9.18 Å². The molecule has 0 N–H and O–H groups in total. The second kappa shape index (κ2) is 5.41. The summed E-state index contributed by atoms with van der Waals surface area (Å²) in [5.41, 5.74) is -0.0553. The maximum Gasteiger partial charge on any atom is 0.376 e. The van der Waals surface area contributed by atoms with E-state index in [1.54, 1.807) is 0 Å². The molecule has 1 rings (SSSR count). The molecule has 0 radical (unpaired) electrons. The molecule has 1 aromatic carbocycles. The normalized spacial score (nSPS) is 12.0. The molecule has 3 nitrogen and oxygen atoms in total. The van der Waals surface area contributed by atoms with Gasteiger partial charge in [0.05, 0.1) is 7.11 Å². The third kappa shape index (κ3) is 2.80. The maximum atomic E-state index is 13.4. The molecule has 0 aliphatic rings. The van der Waals surface area contributed by atoms with Crippen LogP contribution in [0.4, 0.5) is 4.39 Å². The van der Waals surface area contributed by atoms with Crippen molar-refractivity contribution < 1.29 is 18.7 Å². The van der Waals surface area contributed by atoms with Crippen LogP contribution in [0.3, 0.4) is 0 Å². The lowest BCUT2D eigenvalue weighted by molar-refractivity contribution is -0.151. The molecule has 0 saturated heterocycles. The van der Waals surface area contributed by atoms with Crippen molar-refractivity contribution in [2.75, 3.05) is 7.11 Å². The van der Waals surface area contributed by atoms with Gasteiger partial charge in [0.2, 0.25) is 0 Å². The summed E-state index contributed by atoms with van der Waals surface area (Å²) in [6, 6.07) is 4.02. The van der Waals surface area contributed by atoms with Crippen LogP contribution in [-0.4, -0.2) is 18.9 Å². The van der Waals surface area contributed by atoms with Crippen LogP contribution in [0.15, 0.2) is 22.7 Å². The first-order chi connectivity index (χ1) is 7.47. The molecule has 86 valence electrons. The van der Waals surface area contributed by atoms with Crippen molar-refractivity contribution in [3.05, 3.63) is 34.1 Å². The fraction of sp³-hybridized carbons (Fsp3) is 0.200. The van der Waals surface area contributed by atoms with E-state index in [2.05, 4.69) is 20.7 Å². The Balaban J connectivity index is 3.01. The Kier molecular flexibility index (Phi) is 4.44. The lowest BCUT2D eigenvalue weighted by Crippen LogP contribution is -2.20. The van der Waals surface area contributed by atoms with E-state index in [0.717, 1.165) is 13.2 Å². The van der Waals surface area contributed by atoms with E-state index in [1.807, 2.05) is 0 Å². The minimum Gasteiger partial charge on any atom is -0.463 e. The zero-order valence-corrected chi connectivity index (χ0v) is 10.5. The summed E-state index contributed by atoms with van der Waals surface area (Å²) in [7, 11) is 1.06. The van der Waals surface area contributed by atoms with Gasteiger partial charge in [0.1, 0.15) is 11.2 Å². The van der Waals surface area contributed by atoms with Crippen molar-refractivity contribution in [3.63, 3.8) is 0 Å². The molecule has 0 heterocycles. The number of ketones is 1. The quantitative estimate of drug-likeness (QED) is 0.490. The van der Waals surface area contributed by atoms with Crippen molar-refractivity contribution in [2.24, 2.45) is 0 Å². The predicted octanol–water partition coefficient (Wildman–Crippen LogP) is 2.61. The predicted molar refractivity (Wildman–Crippen MR) is 59.7 cm³/mol. The van der Waals surface area contributed by atoms with Gasteiger partial charge in [0, 0.05) is 10.0 Å². The summed E-state index contributed by atoms with van der Waals surface area (Å²) >= 11 is 8.75. The van der Waals surface area contributed by atoms with Crippen LogP contribution in [-0.2, 0) is 14.3 Å². The summed E-state index contributed by atoms with van der Waals surface area (Å²) in [6.07, 6.45) is 0. The Morgan fingerprint density at radius 2 is 2.12 bits per heavy atom. The fourth-order valence-corrected chi connectivity index (χ4v) is 1.65. The number of ether oxygens (including phenoxy) is 1. The average Bonchev–Trinajstić information content (AvgIpc) is 2.26. The number of hydrogen-bond donors (Lipinski definition) is 0. The lowest BCUT2D eigenvalue weighted by atomic mass is 10.1.